The molecule has 0 N–H and O–H groups in total. The number of piperidine rings is 1. The number of nitrogens with zero attached hydrogens (tertiary/aromatic N) is 2. The molecule has 2 aromatic carbocycles. The Labute approximate surface area is 189 Å². The lowest BCUT2D eigenvalue weighted by Gasteiger charge is -2.35. The van der Waals surface area contributed by atoms with E-state index in [1.54, 1.807) is 23.1 Å². The Balaban J connectivity index is 1.37. The van der Waals surface area contributed by atoms with Gasteiger partial charge in [-0.05, 0) is 49.2 Å². The van der Waals surface area contributed by atoms with Gasteiger partial charge in [-0.1, -0.05) is 12.1 Å². The number of likely N-dealkylation sites (tertiary alicyclic amines) is 1. The predicted octanol–water partition coefficient (Wildman–Crippen LogP) is 4.21. The number of halogens is 3. The number of hydrogen-bond acceptors (Lipinski definition) is 4. The average Bonchev–Trinajstić information content (AvgIpc) is 2.83. The van der Waals surface area contributed by atoms with Gasteiger partial charge in [0.2, 0.25) is 5.91 Å². The lowest BCUT2D eigenvalue weighted by atomic mass is 9.94. The maximum Gasteiger partial charge on any atom is 0.416 e. The van der Waals surface area contributed by atoms with Crippen LogP contribution in [0.2, 0.25) is 0 Å². The van der Waals surface area contributed by atoms with Crippen LogP contribution in [0, 0.1) is 5.92 Å². The van der Waals surface area contributed by atoms with Crippen molar-refractivity contribution in [2.24, 2.45) is 5.92 Å². The highest BCUT2D eigenvalue weighted by molar-refractivity contribution is 5.94. The van der Waals surface area contributed by atoms with Crippen LogP contribution in [-0.4, -0.2) is 61.0 Å². The summed E-state index contributed by atoms with van der Waals surface area (Å²) in [6.45, 7) is 3.27. The van der Waals surface area contributed by atoms with E-state index in [-0.39, 0.29) is 29.2 Å². The first-order chi connectivity index (χ1) is 15.8. The molecule has 0 spiro atoms. The maximum absolute atomic E-state index is 13.0. The Bertz CT molecular complexity index is 997. The smallest absolute Gasteiger partial charge is 0.416 e. The highest BCUT2D eigenvalue weighted by atomic mass is 19.4. The van der Waals surface area contributed by atoms with E-state index in [1.165, 1.54) is 18.2 Å². The van der Waals surface area contributed by atoms with E-state index in [2.05, 4.69) is 0 Å². The summed E-state index contributed by atoms with van der Waals surface area (Å²) in [4.78, 5) is 29.2. The summed E-state index contributed by atoms with van der Waals surface area (Å²) in [5.41, 5.74) is -0.417. The summed E-state index contributed by atoms with van der Waals surface area (Å²) < 4.78 is 49.7. The number of benzene rings is 2. The minimum atomic E-state index is -4.47. The molecule has 0 aromatic heterocycles. The van der Waals surface area contributed by atoms with Crippen molar-refractivity contribution in [3.63, 3.8) is 0 Å². The molecule has 2 fully saturated rings. The van der Waals surface area contributed by atoms with Crippen LogP contribution in [0.4, 0.5) is 13.2 Å². The summed E-state index contributed by atoms with van der Waals surface area (Å²) in [5, 5.41) is 0. The lowest BCUT2D eigenvalue weighted by molar-refractivity contribution is -0.141. The first-order valence-corrected chi connectivity index (χ1v) is 10.9. The van der Waals surface area contributed by atoms with Crippen LogP contribution in [-0.2, 0) is 15.7 Å². The third-order valence-corrected chi connectivity index (χ3v) is 5.93. The van der Waals surface area contributed by atoms with E-state index in [9.17, 15) is 22.8 Å². The van der Waals surface area contributed by atoms with Gasteiger partial charge in [0, 0.05) is 37.7 Å². The molecule has 0 saturated carbocycles. The molecule has 0 unspecified atom stereocenters. The van der Waals surface area contributed by atoms with E-state index >= 15 is 0 Å². The number of amides is 2. The normalized spacial score (nSPS) is 17.7. The summed E-state index contributed by atoms with van der Waals surface area (Å²) in [7, 11) is 0. The Kier molecular flexibility index (Phi) is 6.88. The van der Waals surface area contributed by atoms with Crippen molar-refractivity contribution in [3.05, 3.63) is 59.7 Å². The van der Waals surface area contributed by atoms with Gasteiger partial charge in [-0.25, -0.2) is 0 Å². The standard InChI is InChI=1S/C24H25F3N2O4/c25-24(26,27)19-4-2-6-21(16-19)33-20-5-1-3-18(15-20)23(31)28-9-7-17(8-10-28)22(30)29-11-13-32-14-12-29/h1-6,15-17H,7-14H2. The maximum atomic E-state index is 13.0. The van der Waals surface area contributed by atoms with Crippen LogP contribution in [0.3, 0.4) is 0 Å². The van der Waals surface area contributed by atoms with Crippen molar-refractivity contribution >= 4 is 11.8 Å². The van der Waals surface area contributed by atoms with Crippen LogP contribution >= 0.6 is 0 Å². The average molecular weight is 462 g/mol. The monoisotopic (exact) mass is 462 g/mol. The number of ether oxygens (including phenoxy) is 2. The first-order valence-electron chi connectivity index (χ1n) is 10.9. The molecule has 2 aliphatic heterocycles. The molecule has 0 aliphatic carbocycles. The fourth-order valence-corrected chi connectivity index (χ4v) is 4.12. The molecule has 33 heavy (non-hydrogen) atoms. The van der Waals surface area contributed by atoms with Gasteiger partial charge in [0.1, 0.15) is 11.5 Å². The summed E-state index contributed by atoms with van der Waals surface area (Å²) in [6.07, 6.45) is -3.27. The van der Waals surface area contributed by atoms with Crippen LogP contribution in [0.25, 0.3) is 0 Å². The van der Waals surface area contributed by atoms with Gasteiger partial charge in [-0.3, -0.25) is 9.59 Å². The minimum Gasteiger partial charge on any atom is -0.457 e. The molecule has 0 bridgehead atoms. The number of hydrogen-bond donors (Lipinski definition) is 0. The van der Waals surface area contributed by atoms with Crippen molar-refractivity contribution in [3.8, 4) is 11.5 Å². The highest BCUT2D eigenvalue weighted by Gasteiger charge is 2.32. The Morgan fingerprint density at radius 3 is 2.18 bits per heavy atom. The summed E-state index contributed by atoms with van der Waals surface area (Å²) >= 11 is 0. The van der Waals surface area contributed by atoms with Gasteiger partial charge >= 0.3 is 6.18 Å². The molecular formula is C24H25F3N2O4. The quantitative estimate of drug-likeness (QED) is 0.683. The molecule has 0 radical (unpaired) electrons. The number of carbonyl (C=O) groups excluding carboxylic acids is 2. The van der Waals surface area contributed by atoms with E-state index in [4.69, 9.17) is 9.47 Å². The van der Waals surface area contributed by atoms with Crippen LogP contribution in [0.15, 0.2) is 48.5 Å². The number of rotatable bonds is 4. The Morgan fingerprint density at radius 2 is 1.52 bits per heavy atom. The van der Waals surface area contributed by atoms with Crippen molar-refractivity contribution in [1.82, 2.24) is 9.80 Å². The zero-order chi connectivity index (χ0) is 23.4. The molecular weight excluding hydrogens is 437 g/mol. The molecule has 6 nitrogen and oxygen atoms in total. The molecule has 2 aliphatic rings. The van der Waals surface area contributed by atoms with Crippen molar-refractivity contribution in [1.29, 1.82) is 0 Å². The fraction of sp³-hybridized carbons (Fsp3) is 0.417. The van der Waals surface area contributed by atoms with E-state index in [0.717, 1.165) is 12.1 Å². The first kappa shape index (κ1) is 23.1. The second kappa shape index (κ2) is 9.82. The largest absolute Gasteiger partial charge is 0.457 e. The van der Waals surface area contributed by atoms with Crippen molar-refractivity contribution in [2.45, 2.75) is 19.0 Å². The number of alkyl halides is 3. The molecule has 9 heteroatoms. The molecule has 2 heterocycles. The second-order valence-corrected chi connectivity index (χ2v) is 8.16. The topological polar surface area (TPSA) is 59.1 Å². The van der Waals surface area contributed by atoms with Crippen LogP contribution in [0.1, 0.15) is 28.8 Å². The van der Waals surface area contributed by atoms with Crippen LogP contribution in [0.5, 0.6) is 11.5 Å². The molecule has 4 rings (SSSR count). The number of morpholine rings is 1. The molecule has 2 aromatic rings. The SMILES string of the molecule is O=C(c1cccc(Oc2cccc(C(F)(F)F)c2)c1)N1CCC(C(=O)N2CCOCC2)CC1. The van der Waals surface area contributed by atoms with Gasteiger partial charge in [0.25, 0.3) is 5.91 Å². The van der Waals surface area contributed by atoms with Crippen molar-refractivity contribution < 1.29 is 32.2 Å². The third-order valence-electron chi connectivity index (χ3n) is 5.93. The van der Waals surface area contributed by atoms with Crippen LogP contribution < -0.4 is 4.74 Å². The van der Waals surface area contributed by atoms with Gasteiger partial charge < -0.3 is 19.3 Å². The van der Waals surface area contributed by atoms with E-state index < -0.39 is 11.7 Å². The predicted molar refractivity (Wildman–Crippen MR) is 114 cm³/mol. The second-order valence-electron chi connectivity index (χ2n) is 8.16. The minimum absolute atomic E-state index is 0.0388. The molecule has 2 amide bonds. The Morgan fingerprint density at radius 1 is 0.879 bits per heavy atom. The van der Waals surface area contributed by atoms with Gasteiger partial charge in [-0.15, -0.1) is 0 Å². The Hall–Kier alpha value is -3.07. The zero-order valence-corrected chi connectivity index (χ0v) is 18.0. The summed E-state index contributed by atoms with van der Waals surface area (Å²) in [5.74, 6) is 0.154. The van der Waals surface area contributed by atoms with Gasteiger partial charge in [0.15, 0.2) is 0 Å². The zero-order valence-electron chi connectivity index (χ0n) is 18.0. The van der Waals surface area contributed by atoms with Gasteiger partial charge in [-0.2, -0.15) is 13.2 Å². The van der Waals surface area contributed by atoms with E-state index in [0.29, 0.717) is 57.8 Å². The lowest BCUT2D eigenvalue weighted by Crippen LogP contribution is -2.47. The third kappa shape index (κ3) is 5.65. The summed E-state index contributed by atoms with van der Waals surface area (Å²) in [6, 6.07) is 11.0. The van der Waals surface area contributed by atoms with Crippen molar-refractivity contribution in [2.75, 3.05) is 39.4 Å². The fourth-order valence-electron chi connectivity index (χ4n) is 4.12. The number of carbonyl (C=O) groups is 2. The molecule has 2 saturated heterocycles. The van der Waals surface area contributed by atoms with Gasteiger partial charge in [0.05, 0.1) is 18.8 Å². The van der Waals surface area contributed by atoms with E-state index in [1.807, 2.05) is 4.90 Å². The molecule has 176 valence electrons. The highest BCUT2D eigenvalue weighted by Crippen LogP contribution is 2.33. The molecule has 0 atom stereocenters.